The highest BCUT2D eigenvalue weighted by molar-refractivity contribution is 9.10. The van der Waals surface area contributed by atoms with Crippen LogP contribution in [0.25, 0.3) is 0 Å². The molecule has 0 atom stereocenters. The van der Waals surface area contributed by atoms with Crippen LogP contribution in [0.1, 0.15) is 11.1 Å². The van der Waals surface area contributed by atoms with Gasteiger partial charge in [-0.15, -0.1) is 0 Å². The molecule has 4 nitrogen and oxygen atoms in total. The van der Waals surface area contributed by atoms with Gasteiger partial charge in [0.2, 0.25) is 0 Å². The number of halogens is 2. The van der Waals surface area contributed by atoms with Crippen molar-refractivity contribution in [2.75, 3.05) is 19.4 Å². The van der Waals surface area contributed by atoms with Crippen LogP contribution in [0.3, 0.4) is 0 Å². The van der Waals surface area contributed by atoms with Crippen molar-refractivity contribution >= 4 is 33.3 Å². The Kier molecular flexibility index (Phi) is 5.27. The second-order valence-electron chi connectivity index (χ2n) is 4.45. The molecule has 2 aromatic carbocycles. The van der Waals surface area contributed by atoms with Gasteiger partial charge in [0.05, 0.1) is 12.8 Å². The molecule has 0 aliphatic heterocycles. The number of nitrogens with zero attached hydrogens (tertiary/aromatic N) is 1. The minimum absolute atomic E-state index is 0.177. The number of aliphatic imine (C=N–C) groups is 1. The molecule has 0 saturated carbocycles. The van der Waals surface area contributed by atoms with Crippen LogP contribution in [0.4, 0.5) is 10.1 Å². The number of anilines is 1. The fourth-order valence-corrected chi connectivity index (χ4v) is 2.38. The topological polar surface area (TPSA) is 64.7 Å². The fourth-order valence-electron chi connectivity index (χ4n) is 1.91. The third-order valence-corrected chi connectivity index (χ3v) is 3.68. The lowest BCUT2D eigenvalue weighted by molar-refractivity contribution is -0.138. The van der Waals surface area contributed by atoms with Gasteiger partial charge in [0.15, 0.2) is 0 Å². The summed E-state index contributed by atoms with van der Waals surface area (Å²) in [7, 11) is 1.28. The van der Waals surface area contributed by atoms with Crippen LogP contribution in [0.15, 0.2) is 51.9 Å². The first kappa shape index (κ1) is 16.2. The van der Waals surface area contributed by atoms with E-state index in [2.05, 4.69) is 25.7 Å². The number of nitrogen functional groups attached to an aromatic ring is 1. The van der Waals surface area contributed by atoms with E-state index in [4.69, 9.17) is 5.73 Å². The third-order valence-electron chi connectivity index (χ3n) is 2.99. The summed E-state index contributed by atoms with van der Waals surface area (Å²) in [6, 6.07) is 11.4. The minimum atomic E-state index is -0.487. The van der Waals surface area contributed by atoms with E-state index in [0.29, 0.717) is 22.5 Å². The first-order valence-electron chi connectivity index (χ1n) is 6.44. The maximum Gasteiger partial charge on any atom is 0.327 e. The second-order valence-corrected chi connectivity index (χ2v) is 5.31. The van der Waals surface area contributed by atoms with Crippen molar-refractivity contribution in [1.82, 2.24) is 0 Å². The van der Waals surface area contributed by atoms with Gasteiger partial charge in [-0.1, -0.05) is 34.1 Å². The maximum absolute atomic E-state index is 13.6. The molecule has 22 heavy (non-hydrogen) atoms. The first-order chi connectivity index (χ1) is 10.5. The highest BCUT2D eigenvalue weighted by Crippen LogP contribution is 2.24. The molecule has 0 aliphatic carbocycles. The van der Waals surface area contributed by atoms with E-state index in [1.54, 1.807) is 0 Å². The number of ether oxygens (including phenoxy) is 1. The Morgan fingerprint density at radius 1 is 1.27 bits per heavy atom. The van der Waals surface area contributed by atoms with Gasteiger partial charge in [-0.2, -0.15) is 0 Å². The molecule has 0 heterocycles. The SMILES string of the molecule is COC(=O)C/N=C(/c1cc(F)ccc1N)c1ccccc1Br. The molecule has 2 aromatic rings. The second kappa shape index (κ2) is 7.17. The molecular formula is C16H14BrFN2O2. The smallest absolute Gasteiger partial charge is 0.327 e. The van der Waals surface area contributed by atoms with E-state index in [9.17, 15) is 9.18 Å². The van der Waals surface area contributed by atoms with Crippen LogP contribution in [-0.4, -0.2) is 25.3 Å². The highest BCUT2D eigenvalue weighted by Gasteiger charge is 2.15. The van der Waals surface area contributed by atoms with Gasteiger partial charge in [0, 0.05) is 21.3 Å². The van der Waals surface area contributed by atoms with E-state index in [1.807, 2.05) is 24.3 Å². The molecule has 0 saturated heterocycles. The lowest BCUT2D eigenvalue weighted by atomic mass is 10.0. The molecule has 2 rings (SSSR count). The van der Waals surface area contributed by atoms with Crippen LogP contribution in [0.5, 0.6) is 0 Å². The zero-order valence-corrected chi connectivity index (χ0v) is 13.4. The van der Waals surface area contributed by atoms with Gasteiger partial charge in [0.25, 0.3) is 0 Å². The van der Waals surface area contributed by atoms with Crippen molar-refractivity contribution < 1.29 is 13.9 Å². The van der Waals surface area contributed by atoms with E-state index in [1.165, 1.54) is 25.3 Å². The van der Waals surface area contributed by atoms with Crippen molar-refractivity contribution in [3.05, 3.63) is 63.9 Å². The molecular weight excluding hydrogens is 351 g/mol. The Bertz CT molecular complexity index is 732. The van der Waals surface area contributed by atoms with Gasteiger partial charge in [-0.3, -0.25) is 9.79 Å². The summed E-state index contributed by atoms with van der Waals surface area (Å²) < 4.78 is 18.9. The van der Waals surface area contributed by atoms with E-state index in [-0.39, 0.29) is 6.54 Å². The third kappa shape index (κ3) is 3.71. The number of esters is 1. The van der Waals surface area contributed by atoms with E-state index < -0.39 is 11.8 Å². The van der Waals surface area contributed by atoms with Crippen LogP contribution in [0, 0.1) is 5.82 Å². The monoisotopic (exact) mass is 364 g/mol. The number of hydrogen-bond acceptors (Lipinski definition) is 4. The van der Waals surface area contributed by atoms with Crippen LogP contribution in [-0.2, 0) is 9.53 Å². The van der Waals surface area contributed by atoms with Crippen molar-refractivity contribution in [3.8, 4) is 0 Å². The highest BCUT2D eigenvalue weighted by atomic mass is 79.9. The van der Waals surface area contributed by atoms with Crippen molar-refractivity contribution in [1.29, 1.82) is 0 Å². The normalized spacial score (nSPS) is 11.3. The zero-order chi connectivity index (χ0) is 16.1. The number of benzene rings is 2. The summed E-state index contributed by atoms with van der Waals surface area (Å²) in [5.74, 6) is -0.915. The Hall–Kier alpha value is -2.21. The van der Waals surface area contributed by atoms with Crippen LogP contribution in [0.2, 0.25) is 0 Å². The maximum atomic E-state index is 13.6. The number of nitrogens with two attached hydrogens (primary N) is 1. The summed E-state index contributed by atoms with van der Waals surface area (Å²) in [6.07, 6.45) is 0. The van der Waals surface area contributed by atoms with Crippen LogP contribution >= 0.6 is 15.9 Å². The Morgan fingerprint density at radius 3 is 2.68 bits per heavy atom. The Balaban J connectivity index is 2.58. The van der Waals surface area contributed by atoms with Crippen molar-refractivity contribution in [2.45, 2.75) is 0 Å². The Labute approximate surface area is 135 Å². The van der Waals surface area contributed by atoms with Crippen molar-refractivity contribution in [3.63, 3.8) is 0 Å². The lowest BCUT2D eigenvalue weighted by Crippen LogP contribution is -2.12. The lowest BCUT2D eigenvalue weighted by Gasteiger charge is -2.12. The molecule has 6 heteroatoms. The molecule has 0 radical (unpaired) electrons. The number of rotatable bonds is 4. The molecule has 0 aromatic heterocycles. The summed E-state index contributed by atoms with van der Waals surface area (Å²) in [5, 5.41) is 0. The molecule has 0 spiro atoms. The molecule has 0 aliphatic rings. The first-order valence-corrected chi connectivity index (χ1v) is 7.23. The standard InChI is InChI=1S/C16H14BrFN2O2/c1-22-15(21)9-20-16(11-4-2-3-5-13(11)17)12-8-10(18)6-7-14(12)19/h2-8H,9,19H2,1H3/b20-16+. The van der Waals surface area contributed by atoms with Gasteiger partial charge in [-0.05, 0) is 24.3 Å². The average Bonchev–Trinajstić information content (AvgIpc) is 2.52. The molecule has 0 unspecified atom stereocenters. The summed E-state index contributed by atoms with van der Waals surface area (Å²) in [6.45, 7) is -0.177. The molecule has 2 N–H and O–H groups in total. The van der Waals surface area contributed by atoms with Gasteiger partial charge in [0.1, 0.15) is 12.4 Å². The van der Waals surface area contributed by atoms with Crippen molar-refractivity contribution in [2.24, 2.45) is 4.99 Å². The number of methoxy groups -OCH3 is 1. The minimum Gasteiger partial charge on any atom is -0.468 e. The molecule has 0 fully saturated rings. The largest absolute Gasteiger partial charge is 0.468 e. The fraction of sp³-hybridized carbons (Fsp3) is 0.125. The summed E-state index contributed by atoms with van der Waals surface area (Å²) >= 11 is 3.43. The van der Waals surface area contributed by atoms with Crippen LogP contribution < -0.4 is 5.73 Å². The average molecular weight is 365 g/mol. The van der Waals surface area contributed by atoms with Gasteiger partial charge < -0.3 is 10.5 Å². The zero-order valence-electron chi connectivity index (χ0n) is 11.8. The number of carbonyl (C=O) groups is 1. The summed E-state index contributed by atoms with van der Waals surface area (Å²) in [4.78, 5) is 15.6. The number of hydrogen-bond donors (Lipinski definition) is 1. The van der Waals surface area contributed by atoms with E-state index in [0.717, 1.165) is 4.47 Å². The predicted molar refractivity (Wildman–Crippen MR) is 87.5 cm³/mol. The molecule has 0 amide bonds. The Morgan fingerprint density at radius 2 is 2.00 bits per heavy atom. The summed E-state index contributed by atoms with van der Waals surface area (Å²) in [5.41, 5.74) is 7.88. The number of carbonyl (C=O) groups excluding carboxylic acids is 1. The van der Waals surface area contributed by atoms with E-state index >= 15 is 0 Å². The molecule has 0 bridgehead atoms. The van der Waals surface area contributed by atoms with Gasteiger partial charge in [-0.25, -0.2) is 4.39 Å². The quantitative estimate of drug-likeness (QED) is 0.514. The predicted octanol–water partition coefficient (Wildman–Crippen LogP) is 3.18. The van der Waals surface area contributed by atoms with Gasteiger partial charge >= 0.3 is 5.97 Å². The molecule has 114 valence electrons.